The zero-order chi connectivity index (χ0) is 30.1. The van der Waals surface area contributed by atoms with Crippen LogP contribution < -0.4 is 5.32 Å². The predicted octanol–water partition coefficient (Wildman–Crippen LogP) is 5.51. The summed E-state index contributed by atoms with van der Waals surface area (Å²) in [6, 6.07) is 8.58. The first-order valence-corrected chi connectivity index (χ1v) is 14.9. The number of likely N-dealkylation sites (tertiary alicyclic amines) is 1. The Balaban J connectivity index is 1.48. The molecule has 2 amide bonds. The molecular formula is C31H34BrN7O3. The van der Waals surface area contributed by atoms with Gasteiger partial charge in [0, 0.05) is 36.3 Å². The molecule has 0 spiro atoms. The topological polar surface area (TPSA) is 123 Å². The highest BCUT2D eigenvalue weighted by molar-refractivity contribution is 9.10. The Bertz CT molecular complexity index is 1670. The van der Waals surface area contributed by atoms with Gasteiger partial charge in [0.05, 0.1) is 5.52 Å². The zero-order valence-corrected chi connectivity index (χ0v) is 26.0. The van der Waals surface area contributed by atoms with Gasteiger partial charge in [-0.3, -0.25) is 19.1 Å². The Morgan fingerprint density at radius 2 is 1.79 bits per heavy atom. The van der Waals surface area contributed by atoms with E-state index in [-0.39, 0.29) is 41.8 Å². The van der Waals surface area contributed by atoms with Crippen LogP contribution in [0.5, 0.6) is 0 Å². The number of fused-ring (bicyclic) bond motifs is 1. The number of carbonyl (C=O) groups excluding carboxylic acids is 3. The number of aromatic nitrogens is 5. The standard InChI is InChI=1S/C31H34BrN7O3/c1-6-23-10-7-17(2)29(31(42)36-30-18(3)8-12-26(32)35-30)39(23)27(41)16-38-25-11-9-21(22-14-33-20(5)34-15-22)13-24(25)28(37-38)19(4)40/h8-9,11-15,17,23,29H,6-7,10,16H2,1-5H3,(H,35,36,42)/t17?,23?,29-/m0/s1. The summed E-state index contributed by atoms with van der Waals surface area (Å²) in [6.45, 7) is 9.10. The summed E-state index contributed by atoms with van der Waals surface area (Å²) in [4.78, 5) is 55.1. The van der Waals surface area contributed by atoms with Crippen LogP contribution >= 0.6 is 15.9 Å². The molecule has 4 aromatic rings. The van der Waals surface area contributed by atoms with Gasteiger partial charge in [-0.1, -0.05) is 26.0 Å². The van der Waals surface area contributed by atoms with Gasteiger partial charge in [0.15, 0.2) is 5.78 Å². The van der Waals surface area contributed by atoms with Gasteiger partial charge >= 0.3 is 0 Å². The van der Waals surface area contributed by atoms with E-state index in [2.05, 4.69) is 41.3 Å². The van der Waals surface area contributed by atoms with Crippen LogP contribution in [0.3, 0.4) is 0 Å². The number of anilines is 1. The summed E-state index contributed by atoms with van der Waals surface area (Å²) in [5.41, 5.74) is 3.45. The largest absolute Gasteiger partial charge is 0.326 e. The van der Waals surface area contributed by atoms with Crippen LogP contribution in [-0.2, 0) is 16.1 Å². The summed E-state index contributed by atoms with van der Waals surface area (Å²) in [6.07, 6.45) is 5.84. The highest BCUT2D eigenvalue weighted by Gasteiger charge is 2.42. The van der Waals surface area contributed by atoms with Gasteiger partial charge in [-0.15, -0.1) is 0 Å². The first-order valence-electron chi connectivity index (χ1n) is 14.1. The van der Waals surface area contributed by atoms with E-state index < -0.39 is 6.04 Å². The average molecular weight is 633 g/mol. The fraction of sp³-hybridized carbons (Fsp3) is 0.387. The lowest BCUT2D eigenvalue weighted by molar-refractivity contribution is -0.147. The van der Waals surface area contributed by atoms with Crippen molar-refractivity contribution in [1.82, 2.24) is 29.6 Å². The Labute approximate surface area is 253 Å². The first kappa shape index (κ1) is 29.5. The van der Waals surface area contributed by atoms with Crippen molar-refractivity contribution in [2.24, 2.45) is 5.92 Å². The number of nitrogens with zero attached hydrogens (tertiary/aromatic N) is 6. The summed E-state index contributed by atoms with van der Waals surface area (Å²) < 4.78 is 2.19. The van der Waals surface area contributed by atoms with Crippen LogP contribution in [0.15, 0.2) is 47.3 Å². The van der Waals surface area contributed by atoms with E-state index >= 15 is 0 Å². The fourth-order valence-corrected chi connectivity index (χ4v) is 6.02. The van der Waals surface area contributed by atoms with Gasteiger partial charge in [-0.25, -0.2) is 15.0 Å². The molecule has 42 heavy (non-hydrogen) atoms. The molecule has 0 bridgehead atoms. The summed E-state index contributed by atoms with van der Waals surface area (Å²) in [7, 11) is 0. The second kappa shape index (κ2) is 12.1. The van der Waals surface area contributed by atoms with E-state index in [1.807, 2.05) is 58.0 Å². The van der Waals surface area contributed by atoms with Gasteiger partial charge in [0.25, 0.3) is 0 Å². The second-order valence-corrected chi connectivity index (χ2v) is 11.8. The molecule has 1 aromatic carbocycles. The van der Waals surface area contributed by atoms with Crippen molar-refractivity contribution < 1.29 is 14.4 Å². The molecule has 5 rings (SSSR count). The first-order chi connectivity index (χ1) is 20.1. The zero-order valence-electron chi connectivity index (χ0n) is 24.4. The third-order valence-corrected chi connectivity index (χ3v) is 8.44. The van der Waals surface area contributed by atoms with E-state index in [1.54, 1.807) is 22.0 Å². The molecule has 1 aliphatic heterocycles. The number of rotatable bonds is 7. The summed E-state index contributed by atoms with van der Waals surface area (Å²) in [5, 5.41) is 8.19. The molecule has 11 heteroatoms. The predicted molar refractivity (Wildman–Crippen MR) is 164 cm³/mol. The number of Topliss-reactive ketones (excluding diaryl/α,β-unsaturated/α-hetero) is 1. The van der Waals surface area contributed by atoms with E-state index in [0.717, 1.165) is 36.0 Å². The second-order valence-electron chi connectivity index (χ2n) is 11.0. The molecule has 0 saturated carbocycles. The van der Waals surface area contributed by atoms with Crippen molar-refractivity contribution in [2.75, 3.05) is 5.32 Å². The van der Waals surface area contributed by atoms with Crippen LogP contribution in [0.2, 0.25) is 0 Å². The number of hydrogen-bond acceptors (Lipinski definition) is 7. The summed E-state index contributed by atoms with van der Waals surface area (Å²) in [5.74, 6) is 0.404. The molecule has 4 heterocycles. The van der Waals surface area contributed by atoms with Crippen molar-refractivity contribution in [3.8, 4) is 11.1 Å². The smallest absolute Gasteiger partial charge is 0.248 e. The molecular weight excluding hydrogens is 598 g/mol. The maximum Gasteiger partial charge on any atom is 0.248 e. The minimum absolute atomic E-state index is 0.0503. The number of amides is 2. The molecule has 3 aromatic heterocycles. The molecule has 218 valence electrons. The van der Waals surface area contributed by atoms with Gasteiger partial charge in [-0.2, -0.15) is 5.10 Å². The number of aryl methyl sites for hydroxylation is 2. The van der Waals surface area contributed by atoms with Crippen molar-refractivity contribution in [2.45, 2.75) is 72.5 Å². The molecule has 3 atom stereocenters. The highest BCUT2D eigenvalue weighted by atomic mass is 79.9. The Hall–Kier alpha value is -3.99. The van der Waals surface area contributed by atoms with E-state index in [0.29, 0.717) is 27.1 Å². The number of carbonyl (C=O) groups is 3. The number of benzene rings is 1. The lowest BCUT2D eigenvalue weighted by Crippen LogP contribution is -2.58. The number of ketones is 1. The van der Waals surface area contributed by atoms with Gasteiger partial charge in [0.1, 0.15) is 34.5 Å². The Morgan fingerprint density at radius 1 is 1.05 bits per heavy atom. The maximum absolute atomic E-state index is 14.1. The SMILES string of the molecule is CCC1CCC(C)[C@@H](C(=O)Nc2nc(Br)ccc2C)N1C(=O)Cn1nc(C(C)=O)c2cc(-c3cnc(C)nc3)ccc21. The van der Waals surface area contributed by atoms with E-state index in [1.165, 1.54) is 6.92 Å². The molecule has 2 unspecified atom stereocenters. The molecule has 1 N–H and O–H groups in total. The number of pyridine rings is 1. The Kier molecular flexibility index (Phi) is 8.49. The van der Waals surface area contributed by atoms with Crippen molar-refractivity contribution >= 4 is 50.2 Å². The Morgan fingerprint density at radius 3 is 2.48 bits per heavy atom. The van der Waals surface area contributed by atoms with Crippen LogP contribution in [0.25, 0.3) is 22.0 Å². The molecule has 0 radical (unpaired) electrons. The number of nitrogens with one attached hydrogen (secondary N) is 1. The van der Waals surface area contributed by atoms with Crippen LogP contribution in [0.4, 0.5) is 5.82 Å². The molecule has 10 nitrogen and oxygen atoms in total. The molecule has 1 saturated heterocycles. The third-order valence-electron chi connectivity index (χ3n) is 8.00. The average Bonchev–Trinajstić information content (AvgIpc) is 3.32. The minimum Gasteiger partial charge on any atom is -0.326 e. The normalized spacial score (nSPS) is 18.7. The van der Waals surface area contributed by atoms with Crippen LogP contribution in [0.1, 0.15) is 61.9 Å². The monoisotopic (exact) mass is 631 g/mol. The lowest BCUT2D eigenvalue weighted by atomic mass is 9.85. The van der Waals surface area contributed by atoms with E-state index in [4.69, 9.17) is 0 Å². The van der Waals surface area contributed by atoms with Gasteiger partial charge < -0.3 is 10.2 Å². The van der Waals surface area contributed by atoms with Crippen molar-refractivity contribution in [3.05, 3.63) is 64.4 Å². The molecule has 1 fully saturated rings. The van der Waals surface area contributed by atoms with E-state index in [9.17, 15) is 14.4 Å². The fourth-order valence-electron chi connectivity index (χ4n) is 5.71. The maximum atomic E-state index is 14.1. The third kappa shape index (κ3) is 5.83. The quantitative estimate of drug-likeness (QED) is 0.210. The van der Waals surface area contributed by atoms with Crippen molar-refractivity contribution in [1.29, 1.82) is 0 Å². The highest BCUT2D eigenvalue weighted by Crippen LogP contribution is 2.32. The van der Waals surface area contributed by atoms with Gasteiger partial charge in [0.2, 0.25) is 11.8 Å². The van der Waals surface area contributed by atoms with Crippen molar-refractivity contribution in [3.63, 3.8) is 0 Å². The number of piperidine rings is 1. The van der Waals surface area contributed by atoms with Crippen LogP contribution in [-0.4, -0.2) is 59.3 Å². The summed E-state index contributed by atoms with van der Waals surface area (Å²) >= 11 is 3.37. The lowest BCUT2D eigenvalue weighted by Gasteiger charge is -2.44. The number of hydrogen-bond donors (Lipinski definition) is 1. The minimum atomic E-state index is -0.668. The van der Waals surface area contributed by atoms with Gasteiger partial charge in [-0.05, 0) is 84.3 Å². The number of halogens is 1. The molecule has 1 aliphatic rings. The molecule has 0 aliphatic carbocycles. The van der Waals surface area contributed by atoms with Crippen LogP contribution in [0, 0.1) is 19.8 Å².